The van der Waals surface area contributed by atoms with Crippen LogP contribution in [0.5, 0.6) is 11.5 Å². The second-order valence-electron chi connectivity index (χ2n) is 14.5. The summed E-state index contributed by atoms with van der Waals surface area (Å²) in [6, 6.07) is 64.9. The molecule has 0 N–H and O–H groups in total. The fraction of sp³-hybridized carbons (Fsp3) is 0. The first-order chi connectivity index (χ1) is 29.3. The van der Waals surface area contributed by atoms with E-state index in [0.29, 0.717) is 11.5 Å². The van der Waals surface area contributed by atoms with Gasteiger partial charge in [0.25, 0.3) is 0 Å². The van der Waals surface area contributed by atoms with E-state index in [2.05, 4.69) is 118 Å². The molecule has 0 aliphatic rings. The minimum atomic E-state index is 0. The van der Waals surface area contributed by atoms with Crippen molar-refractivity contribution in [2.45, 2.75) is 0 Å². The minimum absolute atomic E-state index is 0. The molecule has 8 heteroatoms. The Morgan fingerprint density at radius 3 is 1.18 bits per heavy atom. The summed E-state index contributed by atoms with van der Waals surface area (Å²) in [5, 5.41) is 3.48. The van der Waals surface area contributed by atoms with Gasteiger partial charge in [0.05, 0.1) is 56.1 Å². The first-order valence-corrected chi connectivity index (χ1v) is 19.5. The van der Waals surface area contributed by atoms with Crippen LogP contribution in [0.4, 0.5) is 0 Å². The van der Waals surface area contributed by atoms with Crippen LogP contribution in [0.3, 0.4) is 0 Å². The van der Waals surface area contributed by atoms with Gasteiger partial charge in [-0.1, -0.05) is 167 Å². The Labute approximate surface area is 358 Å². The van der Waals surface area contributed by atoms with Gasteiger partial charge in [-0.05, 0) is 35.4 Å². The molecule has 0 saturated carbocycles. The second kappa shape index (κ2) is 14.4. The van der Waals surface area contributed by atoms with Gasteiger partial charge in [0.1, 0.15) is 0 Å². The molecule has 6 heterocycles. The maximum Gasteiger partial charge on any atom is 2.00 e. The van der Waals surface area contributed by atoms with Gasteiger partial charge in [0.2, 0.25) is 0 Å². The Balaban J connectivity index is 0.00000408. The van der Waals surface area contributed by atoms with Gasteiger partial charge < -0.3 is 13.5 Å². The van der Waals surface area contributed by atoms with Crippen molar-refractivity contribution < 1.29 is 25.8 Å². The van der Waals surface area contributed by atoms with Crippen LogP contribution in [0.15, 0.2) is 182 Å². The van der Waals surface area contributed by atoms with E-state index in [1.165, 1.54) is 0 Å². The van der Waals surface area contributed by atoms with Crippen molar-refractivity contribution in [3.63, 3.8) is 0 Å². The summed E-state index contributed by atoms with van der Waals surface area (Å²) in [7, 11) is 0. The van der Waals surface area contributed by atoms with E-state index < -0.39 is 0 Å². The maximum atomic E-state index is 6.70. The van der Waals surface area contributed by atoms with Gasteiger partial charge in [-0.25, -0.2) is 0 Å². The molecule has 0 unspecified atom stereocenters. The Hall–Kier alpha value is -7.47. The number of rotatable bonds is 6. The van der Waals surface area contributed by atoms with E-state index in [4.69, 9.17) is 24.7 Å². The van der Waals surface area contributed by atoms with Crippen LogP contribution in [0, 0.1) is 12.1 Å². The summed E-state index contributed by atoms with van der Waals surface area (Å²) in [6.45, 7) is 0. The molecular weight excluding hydrogens is 920 g/mol. The molecule has 60 heavy (non-hydrogen) atoms. The molecule has 0 saturated heterocycles. The first-order valence-electron chi connectivity index (χ1n) is 19.5. The summed E-state index contributed by atoms with van der Waals surface area (Å²) in [5.41, 5.74) is 13.1. The van der Waals surface area contributed by atoms with Crippen molar-refractivity contribution in [2.75, 3.05) is 0 Å². The number of hydrogen-bond donors (Lipinski definition) is 0. The molecule has 7 nitrogen and oxygen atoms in total. The number of imidazole rings is 2. The van der Waals surface area contributed by atoms with Crippen molar-refractivity contribution in [3.05, 3.63) is 194 Å². The molecule has 284 valence electrons. The molecule has 0 amide bonds. The number of hydrogen-bond acceptors (Lipinski definition) is 5. The van der Waals surface area contributed by atoms with Crippen molar-refractivity contribution in [1.29, 1.82) is 0 Å². The smallest absolute Gasteiger partial charge is 0.497 e. The van der Waals surface area contributed by atoms with E-state index in [1.807, 2.05) is 85.2 Å². The second-order valence-corrected chi connectivity index (χ2v) is 14.5. The molecule has 0 fully saturated rings. The molecule has 0 aliphatic heterocycles. The number of nitrogens with zero attached hydrogens (tertiary/aromatic N) is 6. The number of ether oxygens (including phenoxy) is 1. The van der Waals surface area contributed by atoms with Crippen molar-refractivity contribution in [2.24, 2.45) is 0 Å². The van der Waals surface area contributed by atoms with E-state index >= 15 is 0 Å². The van der Waals surface area contributed by atoms with Crippen LogP contribution >= 0.6 is 0 Å². The Kier molecular flexibility index (Phi) is 8.57. The number of pyridine rings is 4. The minimum Gasteiger partial charge on any atom is -0.497 e. The van der Waals surface area contributed by atoms with Gasteiger partial charge >= 0.3 is 21.1 Å². The maximum absolute atomic E-state index is 6.70. The Morgan fingerprint density at radius 2 is 0.783 bits per heavy atom. The SMILES string of the molecule is [Pt+2].[c-]1c(Oc2[c-]c3c(cc2)c2ncccc2n2c(-c4ccccc4)c(-c4ccccc4)nc32)ccc2c1c1nc(-c3ccccc3)c(-c3ccccc3)n1c1cccnc21. The molecule has 0 radical (unpaired) electrons. The Bertz CT molecular complexity index is 3330. The summed E-state index contributed by atoms with van der Waals surface area (Å²) in [6.07, 6.45) is 3.67. The molecular formula is C52H30N6OPt. The molecule has 12 rings (SSSR count). The fourth-order valence-electron chi connectivity index (χ4n) is 8.47. The summed E-state index contributed by atoms with van der Waals surface area (Å²) >= 11 is 0. The number of benzene rings is 6. The third-order valence-electron chi connectivity index (χ3n) is 11.0. The van der Waals surface area contributed by atoms with E-state index in [1.54, 1.807) is 0 Å². The van der Waals surface area contributed by atoms with Crippen LogP contribution < -0.4 is 4.74 Å². The van der Waals surface area contributed by atoms with Gasteiger partial charge in [-0.3, -0.25) is 19.9 Å². The summed E-state index contributed by atoms with van der Waals surface area (Å²) < 4.78 is 11.1. The van der Waals surface area contributed by atoms with Crippen LogP contribution in [0.25, 0.3) is 99.9 Å². The molecule has 0 atom stereocenters. The standard InChI is InChI=1S/C52H30N6O.Pt/c1-5-15-33(16-6-1)45-49(35-19-9-3-10-20-35)57-43-23-13-29-53-47(43)39-27-25-37(31-41(39)51(57)55-45)59-38-26-28-40-42(32-38)52-56-46(34-17-7-2-8-18-34)50(36-21-11-4-12-22-36)58(52)44-24-14-30-54-48(40)44;/h1-30H;/q-2;+2. The van der Waals surface area contributed by atoms with Crippen molar-refractivity contribution in [1.82, 2.24) is 28.7 Å². The average molecular weight is 950 g/mol. The van der Waals surface area contributed by atoms with Gasteiger partial charge in [0.15, 0.2) is 0 Å². The van der Waals surface area contributed by atoms with Crippen molar-refractivity contribution in [3.8, 4) is 56.5 Å². The molecule has 12 aromatic rings. The van der Waals surface area contributed by atoms with Gasteiger partial charge in [-0.15, -0.1) is 12.1 Å². The topological polar surface area (TPSA) is 69.6 Å². The molecule has 6 aromatic heterocycles. The quantitative estimate of drug-likeness (QED) is 0.123. The van der Waals surface area contributed by atoms with Crippen LogP contribution in [-0.2, 0) is 21.1 Å². The molecule has 6 aromatic carbocycles. The normalized spacial score (nSPS) is 11.5. The molecule has 0 bridgehead atoms. The molecule has 0 spiro atoms. The van der Waals surface area contributed by atoms with Crippen LogP contribution in [0.2, 0.25) is 0 Å². The van der Waals surface area contributed by atoms with Gasteiger partial charge in [-0.2, -0.15) is 0 Å². The van der Waals surface area contributed by atoms with E-state index in [0.717, 1.165) is 99.9 Å². The average Bonchev–Trinajstić information content (AvgIpc) is 3.92. The predicted molar refractivity (Wildman–Crippen MR) is 235 cm³/mol. The monoisotopic (exact) mass is 949 g/mol. The first kappa shape index (κ1) is 35.7. The zero-order chi connectivity index (χ0) is 38.9. The Morgan fingerprint density at radius 1 is 0.400 bits per heavy atom. The largest absolute Gasteiger partial charge is 2.00 e. The zero-order valence-corrected chi connectivity index (χ0v) is 34.0. The number of aromatic nitrogens is 6. The summed E-state index contributed by atoms with van der Waals surface area (Å²) in [5.74, 6) is 1.06. The van der Waals surface area contributed by atoms with E-state index in [-0.39, 0.29) is 21.1 Å². The van der Waals surface area contributed by atoms with Gasteiger partial charge in [0, 0.05) is 35.0 Å². The molecule has 0 aliphatic carbocycles. The number of fused-ring (bicyclic) bond motifs is 12. The van der Waals surface area contributed by atoms with Crippen molar-refractivity contribution >= 4 is 54.9 Å². The fourth-order valence-corrected chi connectivity index (χ4v) is 8.47. The predicted octanol–water partition coefficient (Wildman–Crippen LogP) is 12.4. The van der Waals surface area contributed by atoms with Crippen LogP contribution in [-0.4, -0.2) is 28.7 Å². The van der Waals surface area contributed by atoms with E-state index in [9.17, 15) is 0 Å². The third-order valence-corrected chi connectivity index (χ3v) is 11.0. The summed E-state index contributed by atoms with van der Waals surface area (Å²) in [4.78, 5) is 20.5. The zero-order valence-electron chi connectivity index (χ0n) is 31.7. The third kappa shape index (κ3) is 5.62. The van der Waals surface area contributed by atoms with Crippen LogP contribution in [0.1, 0.15) is 0 Å².